The first-order valence-corrected chi connectivity index (χ1v) is 6.00. The average Bonchev–Trinajstić information content (AvgIpc) is 2.70. The highest BCUT2D eigenvalue weighted by atomic mass is 14.0. The van der Waals surface area contributed by atoms with E-state index in [0.717, 1.165) is 0 Å². The van der Waals surface area contributed by atoms with Gasteiger partial charge in [-0.1, -0.05) is 91.9 Å². The maximum Gasteiger partial charge on any atom is -0.0533 e. The van der Waals surface area contributed by atoms with E-state index in [1.54, 1.807) is 0 Å². The first-order valence-electron chi connectivity index (χ1n) is 6.00. The van der Waals surface area contributed by atoms with Crippen molar-refractivity contribution in [2.75, 3.05) is 0 Å². The molecule has 3 aliphatic rings. The molecule has 3 rings (SSSR count). The van der Waals surface area contributed by atoms with Gasteiger partial charge in [0.2, 0.25) is 0 Å². The lowest BCUT2D eigenvalue weighted by Crippen LogP contribution is -1.85. The normalized spacial score (nSPS) is 20.6. The molecule has 0 unspecified atom stereocenters. The van der Waals surface area contributed by atoms with Crippen molar-refractivity contribution in [1.82, 2.24) is 0 Å². The van der Waals surface area contributed by atoms with Crippen molar-refractivity contribution in [3.05, 3.63) is 0 Å². The smallest absolute Gasteiger partial charge is 0.0533 e. The third-order valence-electron chi connectivity index (χ3n) is 2.60. The molecule has 0 heterocycles. The summed E-state index contributed by atoms with van der Waals surface area (Å²) < 4.78 is 0. The molecule has 3 fully saturated rings. The minimum atomic E-state index is 0. The van der Waals surface area contributed by atoms with E-state index < -0.39 is 0 Å². The number of hydrogen-bond donors (Lipinski definition) is 0. The van der Waals surface area contributed by atoms with Crippen LogP contribution in [0.4, 0.5) is 0 Å². The monoisotopic (exact) mass is 200 g/mol. The predicted molar refractivity (Wildman–Crippen MR) is 68.9 cm³/mol. The lowest BCUT2D eigenvalue weighted by atomic mass is 10.0. The molecule has 0 spiro atoms. The van der Waals surface area contributed by atoms with Crippen LogP contribution in [0.15, 0.2) is 0 Å². The fraction of sp³-hybridized carbons (Fsp3) is 1.00. The second-order valence-electron chi connectivity index (χ2n) is 4.24. The Hall–Kier alpha value is 0. The van der Waals surface area contributed by atoms with Crippen LogP contribution in [0, 0.1) is 0 Å². The Kier molecular flexibility index (Phi) is 15.3. The largest absolute Gasteiger partial charge is 0.0776 e. The van der Waals surface area contributed by atoms with Crippen molar-refractivity contribution < 1.29 is 0 Å². The predicted octanol–water partition coefficient (Wildman–Crippen LogP) is 5.95. The molecule has 3 aliphatic carbocycles. The third-order valence-corrected chi connectivity index (χ3v) is 2.60. The SMILES string of the molecule is C.C.C1CC1.C1CCC1.C1CCCC1. The molecule has 0 N–H and O–H groups in total. The zero-order valence-electron chi connectivity index (χ0n) is 8.49. The standard InChI is InChI=1S/C5H10.C4H8.C3H6.2CH4/c1-2-4-5-3-1;1-2-4-3-1;1-2-3-1;;/h1-5H2;1-4H2;1-3H2;2*1H4. The molecule has 0 nitrogen and oxygen atoms in total. The molecule has 88 valence electrons. The van der Waals surface area contributed by atoms with Gasteiger partial charge < -0.3 is 0 Å². The molecule has 0 radical (unpaired) electrons. The summed E-state index contributed by atoms with van der Waals surface area (Å²) in [5, 5.41) is 0. The highest BCUT2D eigenvalue weighted by molar-refractivity contribution is 4.51. The van der Waals surface area contributed by atoms with E-state index in [9.17, 15) is 0 Å². The van der Waals surface area contributed by atoms with Crippen molar-refractivity contribution >= 4 is 0 Å². The average molecular weight is 200 g/mol. The van der Waals surface area contributed by atoms with Gasteiger partial charge in [0.15, 0.2) is 0 Å². The summed E-state index contributed by atoms with van der Waals surface area (Å²) in [6.45, 7) is 0. The first-order chi connectivity index (χ1) is 6.00. The summed E-state index contributed by atoms with van der Waals surface area (Å²) in [5.41, 5.74) is 0. The fourth-order valence-corrected chi connectivity index (χ4v) is 1.13. The minimum absolute atomic E-state index is 0. The fourth-order valence-electron chi connectivity index (χ4n) is 1.13. The molecule has 0 aromatic carbocycles. The second-order valence-corrected chi connectivity index (χ2v) is 4.24. The van der Waals surface area contributed by atoms with Crippen LogP contribution < -0.4 is 0 Å². The van der Waals surface area contributed by atoms with E-state index in [1.807, 2.05) is 0 Å². The van der Waals surface area contributed by atoms with Gasteiger partial charge in [-0.2, -0.15) is 0 Å². The Balaban J connectivity index is 0. The third kappa shape index (κ3) is 14.5. The molecule has 0 aliphatic heterocycles. The van der Waals surface area contributed by atoms with Gasteiger partial charge in [0.05, 0.1) is 0 Å². The Morgan fingerprint density at radius 3 is 0.357 bits per heavy atom. The molecular weight excluding hydrogens is 168 g/mol. The summed E-state index contributed by atoms with van der Waals surface area (Å²) >= 11 is 0. The summed E-state index contributed by atoms with van der Waals surface area (Å²) in [6.07, 6.45) is 18.0. The molecule has 0 bridgehead atoms. The van der Waals surface area contributed by atoms with Gasteiger partial charge in [-0.05, 0) is 0 Å². The Morgan fingerprint density at radius 2 is 0.286 bits per heavy atom. The first kappa shape index (κ1) is 16.4. The van der Waals surface area contributed by atoms with Crippen LogP contribution in [0.3, 0.4) is 0 Å². The van der Waals surface area contributed by atoms with Gasteiger partial charge in [-0.25, -0.2) is 0 Å². The van der Waals surface area contributed by atoms with Crippen molar-refractivity contribution in [2.45, 2.75) is 91.9 Å². The van der Waals surface area contributed by atoms with E-state index >= 15 is 0 Å². The van der Waals surface area contributed by atoms with E-state index in [0.29, 0.717) is 0 Å². The van der Waals surface area contributed by atoms with Crippen molar-refractivity contribution in [2.24, 2.45) is 0 Å². The van der Waals surface area contributed by atoms with Crippen LogP contribution >= 0.6 is 0 Å². The summed E-state index contributed by atoms with van der Waals surface area (Å²) in [5.74, 6) is 0. The Labute approximate surface area is 92.5 Å². The van der Waals surface area contributed by atoms with Crippen LogP contribution in [0.25, 0.3) is 0 Å². The van der Waals surface area contributed by atoms with Crippen molar-refractivity contribution in [1.29, 1.82) is 0 Å². The molecule has 0 amide bonds. The van der Waals surface area contributed by atoms with Crippen molar-refractivity contribution in [3.63, 3.8) is 0 Å². The van der Waals surface area contributed by atoms with Gasteiger partial charge in [0, 0.05) is 0 Å². The summed E-state index contributed by atoms with van der Waals surface area (Å²) in [6, 6.07) is 0. The highest BCUT2D eigenvalue weighted by Crippen LogP contribution is 2.15. The molecular formula is C14H32. The summed E-state index contributed by atoms with van der Waals surface area (Å²) in [4.78, 5) is 0. The highest BCUT2D eigenvalue weighted by Gasteiger charge is 1.96. The summed E-state index contributed by atoms with van der Waals surface area (Å²) in [7, 11) is 0. The Morgan fingerprint density at radius 1 is 0.214 bits per heavy atom. The second kappa shape index (κ2) is 13.0. The molecule has 3 saturated carbocycles. The van der Waals surface area contributed by atoms with Crippen LogP contribution in [0.5, 0.6) is 0 Å². The van der Waals surface area contributed by atoms with Gasteiger partial charge in [0.1, 0.15) is 0 Å². The van der Waals surface area contributed by atoms with Crippen LogP contribution in [0.1, 0.15) is 91.9 Å². The molecule has 0 aromatic heterocycles. The molecule has 0 saturated heterocycles. The lowest BCUT2D eigenvalue weighted by molar-refractivity contribution is 0.504. The lowest BCUT2D eigenvalue weighted by Gasteiger charge is -2.05. The van der Waals surface area contributed by atoms with Gasteiger partial charge in [-0.3, -0.25) is 0 Å². The maximum absolute atomic E-state index is 1.50. The van der Waals surface area contributed by atoms with E-state index in [2.05, 4.69) is 0 Å². The Bertz CT molecular complexity index is 61.7. The molecule has 0 atom stereocenters. The molecule has 0 heteroatoms. The number of hydrogen-bond acceptors (Lipinski definition) is 0. The van der Waals surface area contributed by atoms with Crippen LogP contribution in [0.2, 0.25) is 0 Å². The van der Waals surface area contributed by atoms with Gasteiger partial charge >= 0.3 is 0 Å². The maximum atomic E-state index is 1.50. The van der Waals surface area contributed by atoms with Crippen molar-refractivity contribution in [3.8, 4) is 0 Å². The van der Waals surface area contributed by atoms with Gasteiger partial charge in [0.25, 0.3) is 0 Å². The minimum Gasteiger partial charge on any atom is -0.0776 e. The number of rotatable bonds is 0. The van der Waals surface area contributed by atoms with Crippen LogP contribution in [-0.2, 0) is 0 Å². The van der Waals surface area contributed by atoms with Gasteiger partial charge in [-0.15, -0.1) is 0 Å². The van der Waals surface area contributed by atoms with Crippen LogP contribution in [-0.4, -0.2) is 0 Å². The topological polar surface area (TPSA) is 0 Å². The quantitative estimate of drug-likeness (QED) is 0.453. The van der Waals surface area contributed by atoms with E-state index in [1.165, 1.54) is 77.0 Å². The van der Waals surface area contributed by atoms with E-state index in [-0.39, 0.29) is 14.9 Å². The zero-order chi connectivity index (χ0) is 8.49. The zero-order valence-corrected chi connectivity index (χ0v) is 8.49. The molecule has 0 aromatic rings. The van der Waals surface area contributed by atoms with E-state index in [4.69, 9.17) is 0 Å². The molecule has 14 heavy (non-hydrogen) atoms.